The summed E-state index contributed by atoms with van der Waals surface area (Å²) in [7, 11) is 0. The van der Waals surface area contributed by atoms with Crippen LogP contribution >= 0.6 is 15.9 Å². The van der Waals surface area contributed by atoms with Crippen molar-refractivity contribution in [2.45, 2.75) is 6.92 Å². The molecular weight excluding hydrogens is 294 g/mol. The number of anilines is 1. The second-order valence-corrected chi connectivity index (χ2v) is 4.48. The number of benzene rings is 1. The Bertz CT molecular complexity index is 505. The van der Waals surface area contributed by atoms with Gasteiger partial charge in [0.2, 0.25) is 0 Å². The van der Waals surface area contributed by atoms with Gasteiger partial charge in [0.25, 0.3) is 0 Å². The van der Waals surface area contributed by atoms with E-state index < -0.39 is 0 Å². The maximum absolute atomic E-state index is 5.58. The summed E-state index contributed by atoms with van der Waals surface area (Å²) >= 11 is 3.37. The van der Waals surface area contributed by atoms with Crippen LogP contribution < -0.4 is 10.1 Å². The van der Waals surface area contributed by atoms with Crippen LogP contribution in [0.4, 0.5) is 5.82 Å². The molecule has 18 heavy (non-hydrogen) atoms. The van der Waals surface area contributed by atoms with Crippen molar-refractivity contribution < 1.29 is 4.74 Å². The zero-order valence-electron chi connectivity index (χ0n) is 10.1. The monoisotopic (exact) mass is 307 g/mol. The minimum atomic E-state index is 0.588. The Morgan fingerprint density at radius 2 is 2.00 bits per heavy atom. The van der Waals surface area contributed by atoms with Crippen LogP contribution in [0.5, 0.6) is 5.75 Å². The van der Waals surface area contributed by atoms with Crippen molar-refractivity contribution in [3.05, 3.63) is 46.8 Å². The van der Waals surface area contributed by atoms with Gasteiger partial charge in [-0.25, -0.2) is 9.97 Å². The van der Waals surface area contributed by atoms with Gasteiger partial charge in [0.1, 0.15) is 29.1 Å². The first kappa shape index (κ1) is 12.8. The Balaban J connectivity index is 1.81. The number of aromatic nitrogens is 2. The quantitative estimate of drug-likeness (QED) is 0.681. The maximum atomic E-state index is 5.58. The van der Waals surface area contributed by atoms with Gasteiger partial charge in [0.15, 0.2) is 0 Å². The van der Waals surface area contributed by atoms with E-state index >= 15 is 0 Å². The summed E-state index contributed by atoms with van der Waals surface area (Å²) in [6.07, 6.45) is 1.53. The zero-order valence-corrected chi connectivity index (χ0v) is 11.6. The van der Waals surface area contributed by atoms with Crippen molar-refractivity contribution in [2.75, 3.05) is 18.5 Å². The number of halogens is 1. The highest BCUT2D eigenvalue weighted by Gasteiger charge is 2.03. The predicted molar refractivity (Wildman–Crippen MR) is 74.9 cm³/mol. The molecule has 0 saturated heterocycles. The Labute approximate surface area is 115 Å². The third kappa shape index (κ3) is 3.43. The standard InChI is InChI=1S/C13H14BrN3O/c1-10-12(14)16-9-17-13(10)15-7-8-18-11-5-3-2-4-6-11/h2-6,9H,7-8H2,1H3,(H,15,16,17). The second-order valence-electron chi connectivity index (χ2n) is 3.73. The van der Waals surface area contributed by atoms with Gasteiger partial charge in [-0.05, 0) is 35.0 Å². The molecule has 0 spiro atoms. The molecule has 1 aromatic carbocycles. The van der Waals surface area contributed by atoms with Gasteiger partial charge in [-0.2, -0.15) is 0 Å². The van der Waals surface area contributed by atoms with Gasteiger partial charge >= 0.3 is 0 Å². The third-order valence-corrected chi connectivity index (χ3v) is 3.23. The van der Waals surface area contributed by atoms with Crippen LogP contribution in [0.2, 0.25) is 0 Å². The minimum Gasteiger partial charge on any atom is -0.492 e. The van der Waals surface area contributed by atoms with Gasteiger partial charge in [-0.1, -0.05) is 18.2 Å². The van der Waals surface area contributed by atoms with Crippen LogP contribution in [0.25, 0.3) is 0 Å². The fourth-order valence-corrected chi connectivity index (χ4v) is 1.74. The van der Waals surface area contributed by atoms with Crippen LogP contribution in [0, 0.1) is 6.92 Å². The lowest BCUT2D eigenvalue weighted by molar-refractivity contribution is 0.332. The number of para-hydroxylation sites is 1. The van der Waals surface area contributed by atoms with Gasteiger partial charge in [-0.3, -0.25) is 0 Å². The molecule has 4 nitrogen and oxygen atoms in total. The molecule has 1 aromatic heterocycles. The van der Waals surface area contributed by atoms with E-state index in [2.05, 4.69) is 31.2 Å². The van der Waals surface area contributed by atoms with Gasteiger partial charge < -0.3 is 10.1 Å². The van der Waals surface area contributed by atoms with Crippen LogP contribution in [-0.4, -0.2) is 23.1 Å². The molecule has 0 bridgehead atoms. The third-order valence-electron chi connectivity index (χ3n) is 2.43. The van der Waals surface area contributed by atoms with E-state index in [9.17, 15) is 0 Å². The lowest BCUT2D eigenvalue weighted by atomic mass is 10.3. The van der Waals surface area contributed by atoms with Crippen molar-refractivity contribution in [1.29, 1.82) is 0 Å². The van der Waals surface area contributed by atoms with E-state index in [1.807, 2.05) is 37.3 Å². The highest BCUT2D eigenvalue weighted by molar-refractivity contribution is 9.10. The fraction of sp³-hybridized carbons (Fsp3) is 0.231. The summed E-state index contributed by atoms with van der Waals surface area (Å²) in [5, 5.41) is 3.22. The summed E-state index contributed by atoms with van der Waals surface area (Å²) < 4.78 is 6.39. The largest absolute Gasteiger partial charge is 0.492 e. The van der Waals surface area contributed by atoms with E-state index in [0.29, 0.717) is 13.2 Å². The van der Waals surface area contributed by atoms with E-state index in [-0.39, 0.29) is 0 Å². The molecule has 2 aromatic rings. The predicted octanol–water partition coefficient (Wildman–Crippen LogP) is 3.04. The lowest BCUT2D eigenvalue weighted by Crippen LogP contribution is -2.13. The summed E-state index contributed by atoms with van der Waals surface area (Å²) in [5.41, 5.74) is 0.997. The van der Waals surface area contributed by atoms with Crippen molar-refractivity contribution >= 4 is 21.7 Å². The number of hydrogen-bond donors (Lipinski definition) is 1. The van der Waals surface area contributed by atoms with Gasteiger partial charge in [0.05, 0.1) is 6.54 Å². The SMILES string of the molecule is Cc1c(Br)ncnc1NCCOc1ccccc1. The molecule has 5 heteroatoms. The topological polar surface area (TPSA) is 47.0 Å². The molecule has 2 rings (SSSR count). The van der Waals surface area contributed by atoms with Gasteiger partial charge in [-0.15, -0.1) is 0 Å². The first-order valence-electron chi connectivity index (χ1n) is 5.66. The summed E-state index contributed by atoms with van der Waals surface area (Å²) in [4.78, 5) is 8.23. The van der Waals surface area contributed by atoms with Crippen LogP contribution in [0.15, 0.2) is 41.3 Å². The van der Waals surface area contributed by atoms with Crippen LogP contribution in [0.1, 0.15) is 5.56 Å². The molecule has 0 aliphatic heterocycles. The average molecular weight is 308 g/mol. The summed E-state index contributed by atoms with van der Waals surface area (Å²) in [6, 6.07) is 9.74. The molecule has 1 N–H and O–H groups in total. The number of nitrogens with zero attached hydrogens (tertiary/aromatic N) is 2. The van der Waals surface area contributed by atoms with Gasteiger partial charge in [0, 0.05) is 5.56 Å². The summed E-state index contributed by atoms with van der Waals surface area (Å²) in [5.74, 6) is 1.70. The Kier molecular flexibility index (Phi) is 4.52. The molecule has 0 unspecified atom stereocenters. The maximum Gasteiger partial charge on any atom is 0.133 e. The average Bonchev–Trinajstić information content (AvgIpc) is 2.40. The molecule has 0 aliphatic rings. The molecule has 0 radical (unpaired) electrons. The minimum absolute atomic E-state index is 0.588. The molecule has 0 fully saturated rings. The van der Waals surface area contributed by atoms with Crippen molar-refractivity contribution in [2.24, 2.45) is 0 Å². The number of hydrogen-bond acceptors (Lipinski definition) is 4. The normalized spacial score (nSPS) is 10.1. The summed E-state index contributed by atoms with van der Waals surface area (Å²) in [6.45, 7) is 3.24. The number of rotatable bonds is 5. The number of nitrogens with one attached hydrogen (secondary N) is 1. The first-order chi connectivity index (χ1) is 8.77. The van der Waals surface area contributed by atoms with Crippen molar-refractivity contribution in [3.63, 3.8) is 0 Å². The molecule has 0 atom stereocenters. The highest BCUT2D eigenvalue weighted by atomic mass is 79.9. The molecule has 0 saturated carbocycles. The molecule has 0 aliphatic carbocycles. The molecular formula is C13H14BrN3O. The number of ether oxygens (including phenoxy) is 1. The highest BCUT2D eigenvalue weighted by Crippen LogP contribution is 2.18. The van der Waals surface area contributed by atoms with Crippen molar-refractivity contribution in [3.8, 4) is 5.75 Å². The van der Waals surface area contributed by atoms with E-state index in [4.69, 9.17) is 4.74 Å². The van der Waals surface area contributed by atoms with Crippen LogP contribution in [-0.2, 0) is 0 Å². The Morgan fingerprint density at radius 1 is 1.22 bits per heavy atom. The Morgan fingerprint density at radius 3 is 2.78 bits per heavy atom. The van der Waals surface area contributed by atoms with E-state index in [0.717, 1.165) is 21.7 Å². The van der Waals surface area contributed by atoms with Crippen LogP contribution in [0.3, 0.4) is 0 Å². The van der Waals surface area contributed by atoms with E-state index in [1.54, 1.807) is 0 Å². The van der Waals surface area contributed by atoms with E-state index in [1.165, 1.54) is 6.33 Å². The fourth-order valence-electron chi connectivity index (χ4n) is 1.46. The molecule has 1 heterocycles. The lowest BCUT2D eigenvalue weighted by Gasteiger charge is -2.10. The Hall–Kier alpha value is -1.62. The zero-order chi connectivity index (χ0) is 12.8. The second kappa shape index (κ2) is 6.35. The smallest absolute Gasteiger partial charge is 0.133 e. The molecule has 0 amide bonds. The molecule has 94 valence electrons. The van der Waals surface area contributed by atoms with Crippen molar-refractivity contribution in [1.82, 2.24) is 9.97 Å². The first-order valence-corrected chi connectivity index (χ1v) is 6.45.